The van der Waals surface area contributed by atoms with E-state index in [2.05, 4.69) is 70.5 Å². The van der Waals surface area contributed by atoms with Crippen LogP contribution in [0.3, 0.4) is 0 Å². The van der Waals surface area contributed by atoms with E-state index in [1.165, 1.54) is 21.0 Å². The number of hydrogen-bond acceptors (Lipinski definition) is 0. The molecular weight excluding hydrogens is 255 g/mol. The molecule has 0 saturated carbocycles. The van der Waals surface area contributed by atoms with Crippen molar-refractivity contribution < 1.29 is 0 Å². The van der Waals surface area contributed by atoms with Crippen LogP contribution in [0.5, 0.6) is 0 Å². The summed E-state index contributed by atoms with van der Waals surface area (Å²) >= 11 is 2.77. The molecule has 1 heteroatoms. The summed E-state index contributed by atoms with van der Waals surface area (Å²) in [5.41, 5.74) is 4.46. The molecule has 0 aliphatic carbocycles. The average molecular weight is 278 g/mol. The van der Waals surface area contributed by atoms with Gasteiger partial charge in [-0.05, 0) is 0 Å². The third-order valence-electron chi connectivity index (χ3n) is 3.10. The summed E-state index contributed by atoms with van der Waals surface area (Å²) in [6.07, 6.45) is 0. The molecule has 0 aliphatic heterocycles. The van der Waals surface area contributed by atoms with Gasteiger partial charge < -0.3 is 0 Å². The Hall–Kier alpha value is -0.222. The van der Waals surface area contributed by atoms with Crippen molar-refractivity contribution in [2.24, 2.45) is 0 Å². The fraction of sp³-hybridized carbons (Fsp3) is 0.600. The van der Waals surface area contributed by atoms with Crippen molar-refractivity contribution in [2.75, 3.05) is 0 Å². The quantitative estimate of drug-likeness (QED) is 0.737. The molecule has 0 amide bonds. The van der Waals surface area contributed by atoms with Crippen LogP contribution in [0.2, 0.25) is 0 Å². The van der Waals surface area contributed by atoms with Crippen LogP contribution in [0.15, 0.2) is 12.1 Å². The summed E-state index contributed by atoms with van der Waals surface area (Å²) in [5, 5.41) is 0. The fourth-order valence-electron chi connectivity index (χ4n) is 1.92. The maximum absolute atomic E-state index is 2.77. The predicted molar refractivity (Wildman–Crippen MR) is 74.1 cm³/mol. The molecule has 16 heavy (non-hydrogen) atoms. The van der Waals surface area contributed by atoms with E-state index in [9.17, 15) is 0 Å². The Morgan fingerprint density at radius 1 is 0.750 bits per heavy atom. The first kappa shape index (κ1) is 13.8. The van der Waals surface area contributed by atoms with Gasteiger partial charge in [-0.15, -0.1) is 0 Å². The van der Waals surface area contributed by atoms with Crippen LogP contribution in [0.25, 0.3) is 0 Å². The summed E-state index contributed by atoms with van der Waals surface area (Å²) in [6.45, 7) is 13.7. The summed E-state index contributed by atoms with van der Waals surface area (Å²) in [6, 6.07) is 4.77. The molecule has 0 fully saturated rings. The van der Waals surface area contributed by atoms with E-state index >= 15 is 0 Å². The third kappa shape index (κ3) is 2.92. The Morgan fingerprint density at radius 2 is 1.12 bits per heavy atom. The molecule has 0 aromatic heterocycles. The second-order valence-electron chi connectivity index (χ2n) is 5.51. The molecule has 2 radical (unpaired) electrons. The topological polar surface area (TPSA) is 0 Å². The van der Waals surface area contributed by atoms with Gasteiger partial charge in [-0.3, -0.25) is 0 Å². The molecule has 88 valence electrons. The van der Waals surface area contributed by atoms with Crippen LogP contribution in [0.4, 0.5) is 0 Å². The Morgan fingerprint density at radius 3 is 1.38 bits per heavy atom. The van der Waals surface area contributed by atoms with E-state index in [0.29, 0.717) is 17.8 Å². The van der Waals surface area contributed by atoms with E-state index in [4.69, 9.17) is 0 Å². The van der Waals surface area contributed by atoms with Gasteiger partial charge in [0, 0.05) is 0 Å². The van der Waals surface area contributed by atoms with Crippen LogP contribution in [-0.2, 0) is 0 Å². The Bertz CT molecular complexity index is 333. The minimum atomic E-state index is 0.606. The van der Waals surface area contributed by atoms with Gasteiger partial charge in [-0.25, -0.2) is 0 Å². The second kappa shape index (κ2) is 5.41. The SMILES string of the molecule is CC(C)c1cc(C(C)C)c([As])c(C(C)C)c1. The third-order valence-corrected chi connectivity index (χ3v) is 4.19. The standard InChI is InChI=1S/C15H23As/c1-9(2)12-7-13(10(3)4)15(16)14(8-12)11(5)6/h7-11H,1-6H3. The van der Waals surface area contributed by atoms with Crippen molar-refractivity contribution >= 4 is 21.2 Å². The van der Waals surface area contributed by atoms with Crippen LogP contribution in [0.1, 0.15) is 76.0 Å². The molecule has 0 saturated heterocycles. The maximum atomic E-state index is 2.77. The second-order valence-corrected chi connectivity index (χ2v) is 6.45. The molecule has 0 spiro atoms. The molecular formula is C15H23As. The summed E-state index contributed by atoms with van der Waals surface area (Å²) in [7, 11) is 0. The van der Waals surface area contributed by atoms with Crippen molar-refractivity contribution in [3.63, 3.8) is 0 Å². The first-order valence-electron chi connectivity index (χ1n) is 6.21. The molecule has 0 N–H and O–H groups in total. The van der Waals surface area contributed by atoms with Crippen molar-refractivity contribution in [1.82, 2.24) is 0 Å². The zero-order chi connectivity index (χ0) is 12.5. The van der Waals surface area contributed by atoms with Crippen molar-refractivity contribution in [2.45, 2.75) is 59.3 Å². The van der Waals surface area contributed by atoms with Crippen molar-refractivity contribution in [3.05, 3.63) is 28.8 Å². The van der Waals surface area contributed by atoms with Gasteiger partial charge >= 0.3 is 109 Å². The van der Waals surface area contributed by atoms with Crippen LogP contribution >= 0.6 is 0 Å². The molecule has 0 heterocycles. The van der Waals surface area contributed by atoms with Crippen molar-refractivity contribution in [3.8, 4) is 0 Å². The number of hydrogen-bond donors (Lipinski definition) is 0. The van der Waals surface area contributed by atoms with Gasteiger partial charge in [0.15, 0.2) is 0 Å². The Labute approximate surface area is 109 Å². The van der Waals surface area contributed by atoms with E-state index in [1.807, 2.05) is 0 Å². The average Bonchev–Trinajstić information content (AvgIpc) is 2.16. The summed E-state index contributed by atoms with van der Waals surface area (Å²) in [4.78, 5) is 0. The van der Waals surface area contributed by atoms with Gasteiger partial charge in [-0.1, -0.05) is 0 Å². The molecule has 0 nitrogen and oxygen atoms in total. The van der Waals surface area contributed by atoms with Gasteiger partial charge in [0.2, 0.25) is 0 Å². The molecule has 0 bridgehead atoms. The first-order chi connectivity index (χ1) is 7.34. The van der Waals surface area contributed by atoms with Gasteiger partial charge in [0.1, 0.15) is 0 Å². The zero-order valence-electron chi connectivity index (χ0n) is 11.3. The van der Waals surface area contributed by atoms with E-state index in [1.54, 1.807) is 0 Å². The van der Waals surface area contributed by atoms with Crippen LogP contribution in [0, 0.1) is 0 Å². The normalized spacial score (nSPS) is 11.9. The van der Waals surface area contributed by atoms with E-state index in [0.717, 1.165) is 0 Å². The molecule has 0 aliphatic rings. The molecule has 1 aromatic carbocycles. The summed E-state index contributed by atoms with van der Waals surface area (Å²) < 4.78 is 1.43. The zero-order valence-corrected chi connectivity index (χ0v) is 13.2. The minimum absolute atomic E-state index is 0.606. The van der Waals surface area contributed by atoms with Crippen LogP contribution in [-0.4, -0.2) is 16.9 Å². The van der Waals surface area contributed by atoms with Gasteiger partial charge in [0.25, 0.3) is 0 Å². The van der Waals surface area contributed by atoms with Crippen LogP contribution < -0.4 is 4.35 Å². The first-order valence-corrected chi connectivity index (χ1v) is 7.15. The Balaban J connectivity index is 3.39. The molecule has 0 unspecified atom stereocenters. The molecule has 1 rings (SSSR count). The Kier molecular flexibility index (Phi) is 4.68. The fourth-order valence-corrected chi connectivity index (χ4v) is 3.27. The monoisotopic (exact) mass is 278 g/mol. The molecule has 1 aromatic rings. The predicted octanol–water partition coefficient (Wildman–Crippen LogP) is 3.85. The van der Waals surface area contributed by atoms with E-state index < -0.39 is 0 Å². The van der Waals surface area contributed by atoms with Crippen molar-refractivity contribution in [1.29, 1.82) is 0 Å². The van der Waals surface area contributed by atoms with Gasteiger partial charge in [0.05, 0.1) is 0 Å². The molecule has 0 atom stereocenters. The number of rotatable bonds is 3. The van der Waals surface area contributed by atoms with Gasteiger partial charge in [-0.2, -0.15) is 0 Å². The number of benzene rings is 1. The summed E-state index contributed by atoms with van der Waals surface area (Å²) in [5.74, 6) is 1.83. The van der Waals surface area contributed by atoms with E-state index in [-0.39, 0.29) is 0 Å².